The van der Waals surface area contributed by atoms with E-state index in [2.05, 4.69) is 15.2 Å². The molecule has 5 nitrogen and oxygen atoms in total. The van der Waals surface area contributed by atoms with Crippen molar-refractivity contribution < 1.29 is 22.7 Å². The Labute approximate surface area is 174 Å². The molecule has 2 heterocycles. The number of alkyl halides is 3. The van der Waals surface area contributed by atoms with Gasteiger partial charge in [-0.1, -0.05) is 13.8 Å². The van der Waals surface area contributed by atoms with Crippen LogP contribution in [-0.2, 0) is 17.5 Å². The van der Waals surface area contributed by atoms with Crippen LogP contribution in [0.15, 0.2) is 30.5 Å². The van der Waals surface area contributed by atoms with Crippen molar-refractivity contribution in [3.63, 3.8) is 0 Å². The predicted octanol–water partition coefficient (Wildman–Crippen LogP) is 4.30. The van der Waals surface area contributed by atoms with Crippen LogP contribution in [-0.4, -0.2) is 37.2 Å². The molecule has 1 fully saturated rings. The zero-order valence-electron chi connectivity index (χ0n) is 17.3. The Bertz CT molecular complexity index is 890. The van der Waals surface area contributed by atoms with E-state index in [0.717, 1.165) is 42.2 Å². The molecule has 8 heteroatoms. The number of hydrogen-bond donors (Lipinski definition) is 1. The summed E-state index contributed by atoms with van der Waals surface area (Å²) in [7, 11) is 0. The summed E-state index contributed by atoms with van der Waals surface area (Å²) < 4.78 is 43.4. The molecule has 0 radical (unpaired) electrons. The third-order valence-corrected chi connectivity index (χ3v) is 5.16. The third kappa shape index (κ3) is 5.11. The maximum Gasteiger partial charge on any atom is 0.417 e. The second-order valence-electron chi connectivity index (χ2n) is 7.70. The van der Waals surface area contributed by atoms with Crippen molar-refractivity contribution in [3.05, 3.63) is 58.4 Å². The number of pyridine rings is 1. The summed E-state index contributed by atoms with van der Waals surface area (Å²) in [6, 6.07) is 6.30. The molecule has 162 valence electrons. The average Bonchev–Trinajstić information content (AvgIpc) is 2.71. The highest BCUT2D eigenvalue weighted by Crippen LogP contribution is 2.30. The molecule has 1 aromatic heterocycles. The number of aryl methyl sites for hydroxylation is 1. The van der Waals surface area contributed by atoms with Crippen LogP contribution in [0.3, 0.4) is 0 Å². The van der Waals surface area contributed by atoms with E-state index in [1.807, 2.05) is 32.9 Å². The fourth-order valence-electron chi connectivity index (χ4n) is 3.52. The summed E-state index contributed by atoms with van der Waals surface area (Å²) in [6.45, 7) is 9.00. The van der Waals surface area contributed by atoms with Gasteiger partial charge in [-0.05, 0) is 48.2 Å². The predicted molar refractivity (Wildman–Crippen MR) is 109 cm³/mol. The van der Waals surface area contributed by atoms with E-state index in [9.17, 15) is 18.0 Å². The monoisotopic (exact) mass is 421 g/mol. The lowest BCUT2D eigenvalue weighted by Crippen LogP contribution is -2.36. The zero-order chi connectivity index (χ0) is 21.9. The van der Waals surface area contributed by atoms with Crippen LogP contribution in [0.2, 0.25) is 0 Å². The molecule has 3 rings (SSSR count). The number of amides is 1. The highest BCUT2D eigenvalue weighted by molar-refractivity contribution is 5.98. The van der Waals surface area contributed by atoms with Gasteiger partial charge >= 0.3 is 6.18 Å². The summed E-state index contributed by atoms with van der Waals surface area (Å²) in [5, 5.41) is 2.79. The van der Waals surface area contributed by atoms with Gasteiger partial charge in [0, 0.05) is 30.5 Å². The molecule has 1 aromatic carbocycles. The molecule has 1 aliphatic heterocycles. The van der Waals surface area contributed by atoms with E-state index in [-0.39, 0.29) is 18.4 Å². The van der Waals surface area contributed by atoms with E-state index in [1.165, 1.54) is 6.07 Å². The first kappa shape index (κ1) is 22.1. The van der Waals surface area contributed by atoms with Gasteiger partial charge in [0.2, 0.25) is 0 Å². The topological polar surface area (TPSA) is 54.5 Å². The Morgan fingerprint density at radius 3 is 2.50 bits per heavy atom. The van der Waals surface area contributed by atoms with Gasteiger partial charge in [-0.25, -0.2) is 0 Å². The fraction of sp³-hybridized carbons (Fsp3) is 0.455. The van der Waals surface area contributed by atoms with Crippen LogP contribution in [0.5, 0.6) is 0 Å². The number of aromatic nitrogens is 1. The summed E-state index contributed by atoms with van der Waals surface area (Å²) in [4.78, 5) is 19.0. The number of morpholine rings is 1. The van der Waals surface area contributed by atoms with Gasteiger partial charge in [0.25, 0.3) is 5.91 Å². The number of nitrogens with zero attached hydrogens (tertiary/aromatic N) is 2. The normalized spacial score (nSPS) is 14.8. The lowest BCUT2D eigenvalue weighted by molar-refractivity contribution is -0.137. The summed E-state index contributed by atoms with van der Waals surface area (Å²) >= 11 is 0. The molecule has 0 atom stereocenters. The molecule has 0 unspecified atom stereocenters. The Kier molecular flexibility index (Phi) is 6.65. The minimum absolute atomic E-state index is 0.0547. The molecule has 2 aromatic rings. The number of carbonyl (C=O) groups excluding carboxylic acids is 1. The van der Waals surface area contributed by atoms with Crippen LogP contribution < -0.4 is 10.2 Å². The smallest absolute Gasteiger partial charge is 0.378 e. The Morgan fingerprint density at radius 1 is 1.23 bits per heavy atom. The molecular formula is C22H26F3N3O2. The van der Waals surface area contributed by atoms with Gasteiger partial charge in [0.15, 0.2) is 0 Å². The standard InChI is InChI=1S/C22H26F3N3O2/c1-14(2)19-11-18(28-6-8-30-9-7-28)10-15(3)20(19)21(29)27-13-17-5-4-16(12-26-17)22(23,24)25/h4-5,10-12,14H,6-9,13H2,1-3H3,(H,27,29). The van der Waals surface area contributed by atoms with Crippen molar-refractivity contribution in [1.82, 2.24) is 10.3 Å². The van der Waals surface area contributed by atoms with E-state index < -0.39 is 11.7 Å². The number of benzene rings is 1. The number of hydrogen-bond acceptors (Lipinski definition) is 4. The molecule has 0 aliphatic carbocycles. The van der Waals surface area contributed by atoms with Gasteiger partial charge in [-0.2, -0.15) is 13.2 Å². The van der Waals surface area contributed by atoms with E-state index in [4.69, 9.17) is 4.74 Å². The second-order valence-corrected chi connectivity index (χ2v) is 7.70. The zero-order valence-corrected chi connectivity index (χ0v) is 17.3. The summed E-state index contributed by atoms with van der Waals surface area (Å²) in [5.74, 6) is -0.124. The van der Waals surface area contributed by atoms with Crippen LogP contribution in [0.1, 0.15) is 52.5 Å². The lowest BCUT2D eigenvalue weighted by atomic mass is 9.92. The largest absolute Gasteiger partial charge is 0.417 e. The molecule has 1 N–H and O–H groups in total. The molecular weight excluding hydrogens is 395 g/mol. The fourth-order valence-corrected chi connectivity index (χ4v) is 3.52. The Hall–Kier alpha value is -2.61. The molecule has 0 saturated carbocycles. The van der Waals surface area contributed by atoms with Gasteiger partial charge in [0.05, 0.1) is 31.0 Å². The quantitative estimate of drug-likeness (QED) is 0.782. The summed E-state index contributed by atoms with van der Waals surface area (Å²) in [6.07, 6.45) is -3.65. The number of anilines is 1. The first-order valence-corrected chi connectivity index (χ1v) is 9.94. The van der Waals surface area contributed by atoms with E-state index >= 15 is 0 Å². The Morgan fingerprint density at radius 2 is 1.93 bits per heavy atom. The van der Waals surface area contributed by atoms with Crippen LogP contribution in [0.4, 0.5) is 18.9 Å². The maximum atomic E-state index is 12.9. The average molecular weight is 421 g/mol. The van der Waals surface area contributed by atoms with Crippen molar-refractivity contribution in [1.29, 1.82) is 0 Å². The van der Waals surface area contributed by atoms with Gasteiger partial charge in [0.1, 0.15) is 0 Å². The number of carbonyl (C=O) groups is 1. The van der Waals surface area contributed by atoms with Crippen molar-refractivity contribution in [2.24, 2.45) is 0 Å². The van der Waals surface area contributed by atoms with Crippen LogP contribution >= 0.6 is 0 Å². The maximum absolute atomic E-state index is 12.9. The third-order valence-electron chi connectivity index (χ3n) is 5.16. The highest BCUT2D eigenvalue weighted by atomic mass is 19.4. The number of rotatable bonds is 5. The van der Waals surface area contributed by atoms with Gasteiger partial charge in [-0.15, -0.1) is 0 Å². The highest BCUT2D eigenvalue weighted by Gasteiger charge is 2.30. The second kappa shape index (κ2) is 9.04. The van der Waals surface area contributed by atoms with Gasteiger partial charge < -0.3 is 15.0 Å². The first-order chi connectivity index (χ1) is 14.2. The van der Waals surface area contributed by atoms with Crippen molar-refractivity contribution >= 4 is 11.6 Å². The Balaban J connectivity index is 1.77. The van der Waals surface area contributed by atoms with Crippen molar-refractivity contribution in [2.45, 2.75) is 39.4 Å². The molecule has 1 saturated heterocycles. The number of nitrogens with one attached hydrogen (secondary N) is 1. The number of halogens is 3. The summed E-state index contributed by atoms with van der Waals surface area (Å²) in [5.41, 5.74) is 3.03. The first-order valence-electron chi connectivity index (χ1n) is 9.94. The SMILES string of the molecule is Cc1cc(N2CCOCC2)cc(C(C)C)c1C(=O)NCc1ccc(C(F)(F)F)cn1. The molecule has 30 heavy (non-hydrogen) atoms. The van der Waals surface area contributed by atoms with Crippen molar-refractivity contribution in [3.8, 4) is 0 Å². The van der Waals surface area contributed by atoms with E-state index in [0.29, 0.717) is 24.5 Å². The molecule has 1 amide bonds. The molecule has 1 aliphatic rings. The minimum Gasteiger partial charge on any atom is -0.378 e. The van der Waals surface area contributed by atoms with Crippen molar-refractivity contribution in [2.75, 3.05) is 31.2 Å². The minimum atomic E-state index is -4.43. The molecule has 0 spiro atoms. The van der Waals surface area contributed by atoms with E-state index in [1.54, 1.807) is 0 Å². The van der Waals surface area contributed by atoms with Gasteiger partial charge in [-0.3, -0.25) is 9.78 Å². The number of ether oxygens (including phenoxy) is 1. The van der Waals surface area contributed by atoms with Crippen LogP contribution in [0, 0.1) is 6.92 Å². The molecule has 0 bridgehead atoms. The lowest BCUT2D eigenvalue weighted by Gasteiger charge is -2.30. The van der Waals surface area contributed by atoms with Crippen LogP contribution in [0.25, 0.3) is 0 Å².